The highest BCUT2D eigenvalue weighted by molar-refractivity contribution is 5.95. The summed E-state index contributed by atoms with van der Waals surface area (Å²) in [5.74, 6) is 2.53. The second kappa shape index (κ2) is 5.33. The summed E-state index contributed by atoms with van der Waals surface area (Å²) in [4.78, 5) is 13.2. The average Bonchev–Trinajstić information content (AvgIpc) is 3.19. The molecule has 0 aliphatic heterocycles. The first kappa shape index (κ1) is 14.7. The van der Waals surface area contributed by atoms with Crippen LogP contribution in [0.1, 0.15) is 25.6 Å². The fraction of sp³-hybridized carbons (Fsp3) is 0.375. The van der Waals surface area contributed by atoms with Crippen molar-refractivity contribution >= 4 is 22.7 Å². The normalized spacial score (nSPS) is 15.4. The molecule has 8 heteroatoms. The number of methoxy groups -OCH3 is 1. The van der Waals surface area contributed by atoms with Gasteiger partial charge in [-0.1, -0.05) is 6.07 Å². The highest BCUT2D eigenvalue weighted by Gasteiger charge is 2.49. The number of nitrogens with two attached hydrogens (primary N) is 1. The van der Waals surface area contributed by atoms with Crippen LogP contribution in [0, 0.1) is 0 Å². The summed E-state index contributed by atoms with van der Waals surface area (Å²) in [6.07, 6.45) is 3.52. The van der Waals surface area contributed by atoms with Gasteiger partial charge in [0.1, 0.15) is 17.9 Å². The monoisotopic (exact) mass is 325 g/mol. The van der Waals surface area contributed by atoms with Crippen molar-refractivity contribution < 1.29 is 4.74 Å². The van der Waals surface area contributed by atoms with Crippen LogP contribution in [0.5, 0.6) is 5.75 Å². The first-order valence-electron chi connectivity index (χ1n) is 7.93. The van der Waals surface area contributed by atoms with Crippen LogP contribution in [0.2, 0.25) is 0 Å². The zero-order chi connectivity index (χ0) is 16.7. The van der Waals surface area contributed by atoms with Gasteiger partial charge in [-0.05, 0) is 31.9 Å². The number of hydrogen-bond acceptors (Lipinski definition) is 7. The molecule has 1 aliphatic carbocycles. The summed E-state index contributed by atoms with van der Waals surface area (Å²) < 4.78 is 7.39. The third kappa shape index (κ3) is 2.22. The lowest BCUT2D eigenvalue weighted by Gasteiger charge is -2.20. The smallest absolute Gasteiger partial charge is 0.222 e. The molecular formula is C16H19N7O. The molecule has 0 unspecified atom stereocenters. The van der Waals surface area contributed by atoms with Crippen molar-refractivity contribution in [3.05, 3.63) is 30.4 Å². The van der Waals surface area contributed by atoms with E-state index in [0.717, 1.165) is 36.1 Å². The zero-order valence-electron chi connectivity index (χ0n) is 13.7. The van der Waals surface area contributed by atoms with E-state index in [1.807, 2.05) is 22.9 Å². The third-order valence-electron chi connectivity index (χ3n) is 4.37. The number of rotatable bonds is 5. The molecule has 3 N–H and O–H groups in total. The minimum Gasteiger partial charge on any atom is -0.496 e. The van der Waals surface area contributed by atoms with Crippen LogP contribution < -0.4 is 15.8 Å². The first-order valence-corrected chi connectivity index (χ1v) is 7.93. The number of hydrogen-bond donors (Lipinski definition) is 2. The summed E-state index contributed by atoms with van der Waals surface area (Å²) in [5.41, 5.74) is 6.38. The highest BCUT2D eigenvalue weighted by atomic mass is 16.5. The Labute approximate surface area is 139 Å². The number of anilines is 2. The quantitative estimate of drug-likeness (QED) is 0.738. The van der Waals surface area contributed by atoms with E-state index in [2.05, 4.69) is 32.3 Å². The molecule has 0 amide bonds. The minimum atomic E-state index is -0.263. The molecule has 1 fully saturated rings. The Hall–Kier alpha value is -2.90. The van der Waals surface area contributed by atoms with Gasteiger partial charge in [-0.3, -0.25) is 0 Å². The Balaban J connectivity index is 1.83. The molecule has 4 rings (SSSR count). The fourth-order valence-corrected chi connectivity index (χ4v) is 3.05. The van der Waals surface area contributed by atoms with Gasteiger partial charge in [0.15, 0.2) is 5.82 Å². The summed E-state index contributed by atoms with van der Waals surface area (Å²) in [7, 11) is 1.63. The van der Waals surface area contributed by atoms with E-state index < -0.39 is 0 Å². The minimum absolute atomic E-state index is 0.228. The maximum Gasteiger partial charge on any atom is 0.222 e. The predicted octanol–water partition coefficient (Wildman–Crippen LogP) is 1.93. The lowest BCUT2D eigenvalue weighted by Crippen LogP contribution is -2.25. The molecule has 2 aromatic heterocycles. The van der Waals surface area contributed by atoms with Crippen molar-refractivity contribution in [3.63, 3.8) is 0 Å². The molecular weight excluding hydrogens is 306 g/mol. The first-order chi connectivity index (χ1) is 11.7. The number of benzene rings is 1. The molecule has 0 bridgehead atoms. The molecule has 0 saturated heterocycles. The molecule has 124 valence electrons. The molecule has 0 spiro atoms. The van der Waals surface area contributed by atoms with E-state index in [9.17, 15) is 0 Å². The van der Waals surface area contributed by atoms with E-state index in [1.165, 1.54) is 0 Å². The van der Waals surface area contributed by atoms with Crippen LogP contribution in [0.15, 0.2) is 24.5 Å². The molecule has 3 aromatic rings. The Morgan fingerprint density at radius 3 is 2.88 bits per heavy atom. The SMILES string of the molecule is CCn1ncnc1C1(Nc2nc(N)nc3cccc(OC)c23)CC1. The molecule has 2 heterocycles. The molecule has 0 atom stereocenters. The van der Waals surface area contributed by atoms with Crippen LogP contribution in [-0.2, 0) is 12.1 Å². The van der Waals surface area contributed by atoms with Gasteiger partial charge in [-0.25, -0.2) is 14.6 Å². The topological polar surface area (TPSA) is 104 Å². The van der Waals surface area contributed by atoms with E-state index in [-0.39, 0.29) is 11.5 Å². The summed E-state index contributed by atoms with van der Waals surface area (Å²) in [6.45, 7) is 2.82. The Morgan fingerprint density at radius 1 is 1.33 bits per heavy atom. The maximum absolute atomic E-state index is 5.89. The van der Waals surface area contributed by atoms with Crippen molar-refractivity contribution in [1.29, 1.82) is 0 Å². The van der Waals surface area contributed by atoms with Gasteiger partial charge < -0.3 is 15.8 Å². The predicted molar refractivity (Wildman–Crippen MR) is 90.7 cm³/mol. The largest absolute Gasteiger partial charge is 0.496 e. The molecule has 1 saturated carbocycles. The molecule has 1 aliphatic rings. The highest BCUT2D eigenvalue weighted by Crippen LogP contribution is 2.48. The molecule has 8 nitrogen and oxygen atoms in total. The Bertz CT molecular complexity index is 901. The van der Waals surface area contributed by atoms with E-state index in [1.54, 1.807) is 13.4 Å². The molecule has 0 radical (unpaired) electrons. The van der Waals surface area contributed by atoms with Crippen LogP contribution >= 0.6 is 0 Å². The van der Waals surface area contributed by atoms with Gasteiger partial charge in [0.25, 0.3) is 0 Å². The second-order valence-electron chi connectivity index (χ2n) is 5.89. The number of nitrogens with one attached hydrogen (secondary N) is 1. The summed E-state index contributed by atoms with van der Waals surface area (Å²) in [6, 6.07) is 5.67. The number of aryl methyl sites for hydroxylation is 1. The second-order valence-corrected chi connectivity index (χ2v) is 5.89. The van der Waals surface area contributed by atoms with Gasteiger partial charge in [0, 0.05) is 6.54 Å². The van der Waals surface area contributed by atoms with Gasteiger partial charge in [0.2, 0.25) is 5.95 Å². The van der Waals surface area contributed by atoms with Crippen molar-refractivity contribution in [2.75, 3.05) is 18.2 Å². The average molecular weight is 325 g/mol. The number of ether oxygens (including phenoxy) is 1. The lowest BCUT2D eigenvalue weighted by molar-refractivity contribution is 0.419. The van der Waals surface area contributed by atoms with Gasteiger partial charge in [0.05, 0.1) is 23.6 Å². The summed E-state index contributed by atoms with van der Waals surface area (Å²) in [5, 5.41) is 8.63. The van der Waals surface area contributed by atoms with Crippen LogP contribution in [-0.4, -0.2) is 31.8 Å². The number of fused-ring (bicyclic) bond motifs is 1. The standard InChI is InChI=1S/C16H19N7O/c1-3-23-14(18-9-19-23)16(7-8-16)22-13-12-10(20-15(17)21-13)5-4-6-11(12)24-2/h4-6,9H,3,7-8H2,1-2H3,(H3,17,20,21,22). The van der Waals surface area contributed by atoms with E-state index in [4.69, 9.17) is 10.5 Å². The van der Waals surface area contributed by atoms with Crippen molar-refractivity contribution in [2.45, 2.75) is 31.8 Å². The van der Waals surface area contributed by atoms with Crippen LogP contribution in [0.3, 0.4) is 0 Å². The van der Waals surface area contributed by atoms with Crippen molar-refractivity contribution in [2.24, 2.45) is 0 Å². The number of nitrogen functional groups attached to an aromatic ring is 1. The van der Waals surface area contributed by atoms with Crippen molar-refractivity contribution in [1.82, 2.24) is 24.7 Å². The fourth-order valence-electron chi connectivity index (χ4n) is 3.05. The third-order valence-corrected chi connectivity index (χ3v) is 4.37. The molecule has 1 aromatic carbocycles. The van der Waals surface area contributed by atoms with E-state index in [0.29, 0.717) is 11.6 Å². The Morgan fingerprint density at radius 2 is 2.17 bits per heavy atom. The zero-order valence-corrected chi connectivity index (χ0v) is 13.7. The number of nitrogens with zero attached hydrogens (tertiary/aromatic N) is 5. The number of aromatic nitrogens is 5. The van der Waals surface area contributed by atoms with Gasteiger partial charge in [-0.2, -0.15) is 10.1 Å². The van der Waals surface area contributed by atoms with Crippen LogP contribution in [0.4, 0.5) is 11.8 Å². The van der Waals surface area contributed by atoms with E-state index >= 15 is 0 Å². The maximum atomic E-state index is 5.89. The van der Waals surface area contributed by atoms with Crippen molar-refractivity contribution in [3.8, 4) is 5.75 Å². The molecule has 24 heavy (non-hydrogen) atoms. The van der Waals surface area contributed by atoms with Gasteiger partial charge >= 0.3 is 0 Å². The van der Waals surface area contributed by atoms with Gasteiger partial charge in [-0.15, -0.1) is 0 Å². The summed E-state index contributed by atoms with van der Waals surface area (Å²) >= 11 is 0. The van der Waals surface area contributed by atoms with Crippen LogP contribution in [0.25, 0.3) is 10.9 Å². The lowest BCUT2D eigenvalue weighted by atomic mass is 10.2. The Kier molecular flexibility index (Phi) is 3.26.